The summed E-state index contributed by atoms with van der Waals surface area (Å²) in [4.78, 5) is 11.2. The lowest BCUT2D eigenvalue weighted by Crippen LogP contribution is -2.23. The Hall–Kier alpha value is -2.10. The lowest BCUT2D eigenvalue weighted by Gasteiger charge is -2.17. The Morgan fingerprint density at radius 2 is 2.16 bits per heavy atom. The maximum absolute atomic E-state index is 11.2. The summed E-state index contributed by atoms with van der Waals surface area (Å²) in [7, 11) is 0. The summed E-state index contributed by atoms with van der Waals surface area (Å²) >= 11 is 0. The summed E-state index contributed by atoms with van der Waals surface area (Å²) < 4.78 is 4.66. The summed E-state index contributed by atoms with van der Waals surface area (Å²) in [5.41, 5.74) is 0.228. The Labute approximate surface area is 110 Å². The van der Waals surface area contributed by atoms with Gasteiger partial charge in [-0.05, 0) is 24.6 Å². The number of hydrogen-bond donors (Lipinski definition) is 3. The first-order valence-corrected chi connectivity index (χ1v) is 5.74. The van der Waals surface area contributed by atoms with Crippen LogP contribution in [0.2, 0.25) is 0 Å². The monoisotopic (exact) mass is 265 g/mol. The van der Waals surface area contributed by atoms with E-state index in [1.54, 1.807) is 13.0 Å². The van der Waals surface area contributed by atoms with E-state index in [9.17, 15) is 20.1 Å². The second-order valence-corrected chi connectivity index (χ2v) is 3.91. The third-order valence-corrected chi connectivity index (χ3v) is 2.53. The minimum Gasteiger partial charge on any atom is -0.507 e. The van der Waals surface area contributed by atoms with E-state index in [2.05, 4.69) is 4.74 Å². The molecule has 0 fully saturated rings. The van der Waals surface area contributed by atoms with Crippen molar-refractivity contribution in [2.45, 2.75) is 25.6 Å². The van der Waals surface area contributed by atoms with Crippen molar-refractivity contribution >= 4 is 5.97 Å². The van der Waals surface area contributed by atoms with Gasteiger partial charge < -0.3 is 20.1 Å². The topological polar surface area (TPSA) is 111 Å². The molecule has 0 aliphatic rings. The molecule has 3 N–H and O–H groups in total. The average molecular weight is 265 g/mol. The van der Waals surface area contributed by atoms with E-state index in [0.717, 1.165) is 0 Å². The van der Waals surface area contributed by atoms with Crippen LogP contribution in [0, 0.1) is 11.3 Å². The highest BCUT2D eigenvalue weighted by Crippen LogP contribution is 2.24. The molecule has 102 valence electrons. The smallest absolute Gasteiger partial charge is 0.308 e. The first-order valence-electron chi connectivity index (χ1n) is 5.74. The van der Waals surface area contributed by atoms with E-state index in [4.69, 9.17) is 5.26 Å². The number of ether oxygens (including phenoxy) is 1. The summed E-state index contributed by atoms with van der Waals surface area (Å²) in [5.74, 6) is -0.827. The number of rotatable bonds is 5. The molecule has 0 saturated heterocycles. The molecule has 1 aromatic carbocycles. The Balaban J connectivity index is 2.79. The highest BCUT2D eigenvalue weighted by Gasteiger charge is 2.22. The van der Waals surface area contributed by atoms with Gasteiger partial charge in [0.25, 0.3) is 0 Å². The molecule has 1 aromatic rings. The maximum atomic E-state index is 11.2. The molecule has 19 heavy (non-hydrogen) atoms. The molecule has 0 saturated carbocycles. The van der Waals surface area contributed by atoms with E-state index in [-0.39, 0.29) is 29.9 Å². The number of hydrogen-bond acceptors (Lipinski definition) is 6. The summed E-state index contributed by atoms with van der Waals surface area (Å²) in [6.45, 7) is 1.83. The largest absolute Gasteiger partial charge is 0.507 e. The Kier molecular flexibility index (Phi) is 5.30. The van der Waals surface area contributed by atoms with Crippen LogP contribution in [0.4, 0.5) is 0 Å². The molecular formula is C13H15NO5. The minimum atomic E-state index is -1.34. The van der Waals surface area contributed by atoms with Crippen LogP contribution in [-0.4, -0.2) is 34.0 Å². The van der Waals surface area contributed by atoms with Crippen LogP contribution in [0.1, 0.15) is 30.6 Å². The summed E-state index contributed by atoms with van der Waals surface area (Å²) in [6, 6.07) is 5.63. The van der Waals surface area contributed by atoms with Gasteiger partial charge in [0.15, 0.2) is 0 Å². The molecule has 0 aliphatic heterocycles. The van der Waals surface area contributed by atoms with E-state index in [1.165, 1.54) is 18.2 Å². The van der Waals surface area contributed by atoms with Crippen LogP contribution in [-0.2, 0) is 9.53 Å². The van der Waals surface area contributed by atoms with E-state index in [0.29, 0.717) is 0 Å². The van der Waals surface area contributed by atoms with Crippen molar-refractivity contribution in [2.75, 3.05) is 6.61 Å². The number of phenolic OH excluding ortho intramolecular Hbond substituents is 1. The summed E-state index contributed by atoms with van der Waals surface area (Å²) in [5, 5.41) is 37.7. The molecule has 0 aromatic heterocycles. The van der Waals surface area contributed by atoms with E-state index < -0.39 is 18.2 Å². The normalized spacial score (nSPS) is 13.4. The highest BCUT2D eigenvalue weighted by atomic mass is 16.5. The fraction of sp³-hybridized carbons (Fsp3) is 0.385. The molecule has 2 atom stereocenters. The molecule has 6 heteroatoms. The minimum absolute atomic E-state index is 0.0140. The average Bonchev–Trinajstić information content (AvgIpc) is 2.38. The zero-order valence-electron chi connectivity index (χ0n) is 10.4. The lowest BCUT2D eigenvalue weighted by atomic mass is 10.00. The van der Waals surface area contributed by atoms with Gasteiger partial charge >= 0.3 is 5.97 Å². The molecule has 0 heterocycles. The Morgan fingerprint density at radius 3 is 2.74 bits per heavy atom. The number of nitriles is 1. The number of aromatic hydroxyl groups is 1. The van der Waals surface area contributed by atoms with E-state index >= 15 is 0 Å². The van der Waals surface area contributed by atoms with Gasteiger partial charge in [-0.15, -0.1) is 0 Å². The van der Waals surface area contributed by atoms with Gasteiger partial charge in [-0.3, -0.25) is 4.79 Å². The summed E-state index contributed by atoms with van der Waals surface area (Å²) in [6.07, 6.45) is -3.02. The molecule has 0 radical (unpaired) electrons. The van der Waals surface area contributed by atoms with Crippen LogP contribution in [0.3, 0.4) is 0 Å². The molecule has 6 nitrogen and oxygen atoms in total. The van der Waals surface area contributed by atoms with Crippen molar-refractivity contribution in [3.05, 3.63) is 29.3 Å². The van der Waals surface area contributed by atoms with Gasteiger partial charge in [0.1, 0.15) is 17.9 Å². The van der Waals surface area contributed by atoms with Crippen molar-refractivity contribution in [3.63, 3.8) is 0 Å². The first-order chi connectivity index (χ1) is 8.99. The molecular weight excluding hydrogens is 250 g/mol. The third-order valence-electron chi connectivity index (χ3n) is 2.53. The Morgan fingerprint density at radius 1 is 1.47 bits per heavy atom. The van der Waals surface area contributed by atoms with Crippen LogP contribution in [0.15, 0.2) is 18.2 Å². The van der Waals surface area contributed by atoms with Gasteiger partial charge in [-0.25, -0.2) is 0 Å². The third kappa shape index (κ3) is 3.95. The number of carbonyl (C=O) groups excluding carboxylic acids is 1. The number of aliphatic hydroxyl groups excluding tert-OH is 2. The van der Waals surface area contributed by atoms with Crippen LogP contribution in [0.5, 0.6) is 5.75 Å². The fourth-order valence-corrected chi connectivity index (χ4v) is 1.55. The number of carbonyl (C=O) groups is 1. The van der Waals surface area contributed by atoms with Crippen molar-refractivity contribution in [1.82, 2.24) is 0 Å². The molecule has 0 aliphatic carbocycles. The first kappa shape index (κ1) is 15.0. The van der Waals surface area contributed by atoms with Crippen molar-refractivity contribution < 1.29 is 24.9 Å². The predicted molar refractivity (Wildman–Crippen MR) is 65.0 cm³/mol. The van der Waals surface area contributed by atoms with Crippen LogP contribution < -0.4 is 0 Å². The number of nitrogens with zero attached hydrogens (tertiary/aromatic N) is 1. The number of benzene rings is 1. The quantitative estimate of drug-likeness (QED) is 0.673. The SMILES string of the molecule is CCOC(=O)CC(O)C(O)c1ccc(O)c(C#N)c1. The fourth-order valence-electron chi connectivity index (χ4n) is 1.55. The molecule has 0 bridgehead atoms. The second kappa shape index (κ2) is 6.73. The maximum Gasteiger partial charge on any atom is 0.308 e. The van der Waals surface area contributed by atoms with Crippen molar-refractivity contribution in [1.29, 1.82) is 5.26 Å². The zero-order chi connectivity index (χ0) is 14.4. The Bertz CT molecular complexity index is 494. The van der Waals surface area contributed by atoms with Crippen LogP contribution in [0.25, 0.3) is 0 Å². The molecule has 2 unspecified atom stereocenters. The number of aliphatic hydroxyl groups is 2. The predicted octanol–water partition coefficient (Wildman–Crippen LogP) is 0.611. The van der Waals surface area contributed by atoms with Crippen LogP contribution >= 0.6 is 0 Å². The number of phenols is 1. The van der Waals surface area contributed by atoms with Gasteiger partial charge in [0.05, 0.1) is 24.7 Å². The van der Waals surface area contributed by atoms with Gasteiger partial charge in [-0.2, -0.15) is 5.26 Å². The van der Waals surface area contributed by atoms with Gasteiger partial charge in [0.2, 0.25) is 0 Å². The number of esters is 1. The molecule has 1 rings (SSSR count). The van der Waals surface area contributed by atoms with Crippen molar-refractivity contribution in [3.8, 4) is 11.8 Å². The van der Waals surface area contributed by atoms with E-state index in [1.807, 2.05) is 0 Å². The molecule has 0 amide bonds. The van der Waals surface area contributed by atoms with Crippen molar-refractivity contribution in [2.24, 2.45) is 0 Å². The lowest BCUT2D eigenvalue weighted by molar-refractivity contribution is -0.147. The zero-order valence-corrected chi connectivity index (χ0v) is 10.4. The molecule has 0 spiro atoms. The highest BCUT2D eigenvalue weighted by molar-refractivity contribution is 5.70. The standard InChI is InChI=1S/C13H15NO5/c1-2-19-12(17)6-11(16)13(18)8-3-4-10(15)9(5-8)7-14/h3-5,11,13,15-16,18H,2,6H2,1H3. The van der Waals surface area contributed by atoms with Gasteiger partial charge in [0, 0.05) is 0 Å². The second-order valence-electron chi connectivity index (χ2n) is 3.91. The van der Waals surface area contributed by atoms with Gasteiger partial charge in [-0.1, -0.05) is 6.07 Å².